The van der Waals surface area contributed by atoms with Gasteiger partial charge >= 0.3 is 0 Å². The zero-order valence-electron chi connectivity index (χ0n) is 16.9. The Labute approximate surface area is 160 Å². The monoisotopic (exact) mass is 380 g/mol. The highest BCUT2D eigenvalue weighted by atomic mass is 19.1. The fourth-order valence-corrected chi connectivity index (χ4v) is 2.32. The summed E-state index contributed by atoms with van der Waals surface area (Å²) in [5.41, 5.74) is -0.125. The van der Waals surface area contributed by atoms with E-state index >= 15 is 0 Å². The van der Waals surface area contributed by atoms with E-state index in [4.69, 9.17) is 0 Å². The number of amides is 3. The number of rotatable bonds is 7. The lowest BCUT2D eigenvalue weighted by molar-refractivity contribution is -0.141. The maximum absolute atomic E-state index is 13.0. The number of hydrogen-bond donors (Lipinski definition) is 1. The Morgan fingerprint density at radius 3 is 1.93 bits per heavy atom. The Morgan fingerprint density at radius 2 is 1.44 bits per heavy atom. The van der Waals surface area contributed by atoms with E-state index in [1.807, 2.05) is 20.8 Å². The second-order valence-electron chi connectivity index (χ2n) is 7.67. The van der Waals surface area contributed by atoms with Crippen LogP contribution in [0.3, 0.4) is 0 Å². The van der Waals surface area contributed by atoms with Crippen molar-refractivity contribution in [1.29, 1.82) is 0 Å². The second kappa shape index (κ2) is 9.45. The second-order valence-corrected chi connectivity index (χ2v) is 7.67. The van der Waals surface area contributed by atoms with Crippen LogP contribution in [0.25, 0.3) is 0 Å². The normalized spacial score (nSPS) is 11.3. The molecule has 7 nitrogen and oxygen atoms in total. The molecule has 0 unspecified atom stereocenters. The van der Waals surface area contributed by atoms with Gasteiger partial charge in [-0.15, -0.1) is 0 Å². The highest BCUT2D eigenvalue weighted by Crippen LogP contribution is 2.15. The van der Waals surface area contributed by atoms with Gasteiger partial charge in [-0.1, -0.05) is 0 Å². The minimum Gasteiger partial charge on any atom is -0.348 e. The summed E-state index contributed by atoms with van der Waals surface area (Å²) in [7, 11) is 4.98. The number of hydrogen-bond acceptors (Lipinski definition) is 4. The topological polar surface area (TPSA) is 73.0 Å². The average molecular weight is 380 g/mol. The molecule has 8 heteroatoms. The van der Waals surface area contributed by atoms with Gasteiger partial charge in [0.1, 0.15) is 12.4 Å². The van der Waals surface area contributed by atoms with Crippen LogP contribution in [0.2, 0.25) is 0 Å². The molecule has 3 amide bonds. The number of anilines is 1. The van der Waals surface area contributed by atoms with Crippen LogP contribution >= 0.6 is 0 Å². The number of carbonyl (C=O) groups excluding carboxylic acids is 3. The van der Waals surface area contributed by atoms with Gasteiger partial charge < -0.3 is 15.1 Å². The van der Waals surface area contributed by atoms with E-state index in [0.29, 0.717) is 5.69 Å². The molecule has 0 spiro atoms. The quantitative estimate of drug-likeness (QED) is 0.776. The van der Waals surface area contributed by atoms with Gasteiger partial charge in [0.2, 0.25) is 17.7 Å². The zero-order valence-corrected chi connectivity index (χ0v) is 16.9. The van der Waals surface area contributed by atoms with Gasteiger partial charge in [0, 0.05) is 25.3 Å². The third-order valence-corrected chi connectivity index (χ3v) is 3.85. The van der Waals surface area contributed by atoms with Gasteiger partial charge in [-0.25, -0.2) is 4.39 Å². The highest BCUT2D eigenvalue weighted by Gasteiger charge is 2.29. The highest BCUT2D eigenvalue weighted by molar-refractivity contribution is 5.95. The predicted molar refractivity (Wildman–Crippen MR) is 103 cm³/mol. The lowest BCUT2D eigenvalue weighted by Crippen LogP contribution is -2.52. The van der Waals surface area contributed by atoms with Gasteiger partial charge in [-0.3, -0.25) is 19.3 Å². The Morgan fingerprint density at radius 1 is 0.926 bits per heavy atom. The molecule has 0 fully saturated rings. The molecule has 0 radical (unpaired) electrons. The summed E-state index contributed by atoms with van der Waals surface area (Å²) in [5.74, 6) is -1.14. The molecule has 0 aliphatic rings. The smallest absolute Gasteiger partial charge is 0.244 e. The lowest BCUT2D eigenvalue weighted by atomic mass is 10.1. The van der Waals surface area contributed by atoms with Crippen molar-refractivity contribution in [2.75, 3.05) is 46.1 Å². The van der Waals surface area contributed by atoms with E-state index in [9.17, 15) is 18.8 Å². The molecule has 1 aromatic rings. The first kappa shape index (κ1) is 22.6. The van der Waals surface area contributed by atoms with Crippen molar-refractivity contribution >= 4 is 23.4 Å². The molecule has 0 saturated carbocycles. The van der Waals surface area contributed by atoms with Crippen LogP contribution in [-0.2, 0) is 14.4 Å². The summed E-state index contributed by atoms with van der Waals surface area (Å²) in [6.07, 6.45) is 0. The summed E-state index contributed by atoms with van der Waals surface area (Å²) >= 11 is 0. The number of nitrogens with zero attached hydrogens (tertiary/aromatic N) is 3. The van der Waals surface area contributed by atoms with E-state index < -0.39 is 11.4 Å². The fraction of sp³-hybridized carbons (Fsp3) is 0.526. The van der Waals surface area contributed by atoms with E-state index in [2.05, 4.69) is 5.32 Å². The van der Waals surface area contributed by atoms with Crippen molar-refractivity contribution in [3.8, 4) is 0 Å². The molecular weight excluding hydrogens is 351 g/mol. The summed E-state index contributed by atoms with van der Waals surface area (Å²) in [6.45, 7) is 5.48. The fourth-order valence-electron chi connectivity index (χ4n) is 2.32. The predicted octanol–water partition coefficient (Wildman–Crippen LogP) is 1.41. The van der Waals surface area contributed by atoms with E-state index in [-0.39, 0.29) is 37.4 Å². The van der Waals surface area contributed by atoms with Crippen molar-refractivity contribution < 1.29 is 18.8 Å². The van der Waals surface area contributed by atoms with Crippen LogP contribution in [0.4, 0.5) is 10.1 Å². The Hall–Kier alpha value is -2.48. The number of carbonyl (C=O) groups is 3. The minimum atomic E-state index is -0.580. The molecule has 1 rings (SSSR count). The van der Waals surface area contributed by atoms with Crippen molar-refractivity contribution in [3.63, 3.8) is 0 Å². The third kappa shape index (κ3) is 7.74. The molecule has 0 bridgehead atoms. The van der Waals surface area contributed by atoms with Crippen LogP contribution in [0.15, 0.2) is 24.3 Å². The van der Waals surface area contributed by atoms with Crippen molar-refractivity contribution in [1.82, 2.24) is 14.7 Å². The number of benzene rings is 1. The number of nitrogens with one attached hydrogen (secondary N) is 1. The van der Waals surface area contributed by atoms with E-state index in [1.54, 1.807) is 26.0 Å². The Kier molecular flexibility index (Phi) is 7.90. The molecule has 0 atom stereocenters. The Balaban J connectivity index is 2.74. The molecule has 1 aromatic carbocycles. The first-order valence-electron chi connectivity index (χ1n) is 8.64. The first-order chi connectivity index (χ1) is 12.4. The van der Waals surface area contributed by atoms with Crippen molar-refractivity contribution in [3.05, 3.63) is 30.1 Å². The van der Waals surface area contributed by atoms with Crippen LogP contribution < -0.4 is 5.32 Å². The van der Waals surface area contributed by atoms with Crippen LogP contribution in [0, 0.1) is 5.82 Å². The molecule has 0 aliphatic carbocycles. The summed E-state index contributed by atoms with van der Waals surface area (Å²) in [6, 6.07) is 5.41. The van der Waals surface area contributed by atoms with Gasteiger partial charge in [-0.05, 0) is 52.1 Å². The molecule has 27 heavy (non-hydrogen) atoms. The molecule has 0 aliphatic heterocycles. The lowest BCUT2D eigenvalue weighted by Gasteiger charge is -2.36. The van der Waals surface area contributed by atoms with Crippen LogP contribution in [-0.4, -0.2) is 78.7 Å². The molecule has 0 saturated heterocycles. The summed E-state index contributed by atoms with van der Waals surface area (Å²) in [4.78, 5) is 41.4. The maximum atomic E-state index is 13.0. The minimum absolute atomic E-state index is 0.0146. The van der Waals surface area contributed by atoms with Gasteiger partial charge in [0.15, 0.2) is 0 Å². The number of halogens is 1. The first-order valence-corrected chi connectivity index (χ1v) is 8.64. The summed E-state index contributed by atoms with van der Waals surface area (Å²) < 4.78 is 13.0. The summed E-state index contributed by atoms with van der Waals surface area (Å²) in [5, 5.41) is 2.65. The SMILES string of the molecule is CN(CC(=O)N(C)C)CC(=O)N(CC(=O)Nc1ccc(F)cc1)C(C)(C)C. The van der Waals surface area contributed by atoms with Crippen LogP contribution in [0.5, 0.6) is 0 Å². The molecule has 1 N–H and O–H groups in total. The Bertz CT molecular complexity index is 669. The van der Waals surface area contributed by atoms with Crippen LogP contribution in [0.1, 0.15) is 20.8 Å². The largest absolute Gasteiger partial charge is 0.348 e. The van der Waals surface area contributed by atoms with Gasteiger partial charge in [0.25, 0.3) is 0 Å². The molecule has 0 aromatic heterocycles. The average Bonchev–Trinajstić information content (AvgIpc) is 2.53. The zero-order chi connectivity index (χ0) is 20.8. The molecule has 150 valence electrons. The van der Waals surface area contributed by atoms with E-state index in [1.165, 1.54) is 34.1 Å². The van der Waals surface area contributed by atoms with Crippen molar-refractivity contribution in [2.45, 2.75) is 26.3 Å². The molecular formula is C19H29FN4O3. The molecule has 0 heterocycles. The van der Waals surface area contributed by atoms with Gasteiger partial charge in [0.05, 0.1) is 13.1 Å². The van der Waals surface area contributed by atoms with Gasteiger partial charge in [-0.2, -0.15) is 0 Å². The number of likely N-dealkylation sites (N-methyl/N-ethyl adjacent to an activating group) is 2. The van der Waals surface area contributed by atoms with E-state index in [0.717, 1.165) is 0 Å². The maximum Gasteiger partial charge on any atom is 0.244 e. The standard InChI is InChI=1S/C19H29FN4O3/c1-19(2,3)24(18(27)13-23(6)12-17(26)22(4)5)11-16(25)21-15-9-7-14(20)8-10-15/h7-10H,11-13H2,1-6H3,(H,21,25). The van der Waals surface area contributed by atoms with Crippen molar-refractivity contribution in [2.24, 2.45) is 0 Å². The third-order valence-electron chi connectivity index (χ3n) is 3.85.